The van der Waals surface area contributed by atoms with Crippen LogP contribution in [0.1, 0.15) is 67.9 Å². The first kappa shape index (κ1) is 27.2. The number of hydrogen-bond acceptors (Lipinski definition) is 5. The van der Waals surface area contributed by atoms with Gasteiger partial charge < -0.3 is 14.8 Å². The molecule has 1 aromatic heterocycles. The van der Waals surface area contributed by atoms with Gasteiger partial charge in [0.25, 0.3) is 5.91 Å². The normalized spacial score (nSPS) is 23.2. The number of carbonyl (C=O) groups excluding carboxylic acids is 1. The summed E-state index contributed by atoms with van der Waals surface area (Å²) in [6.07, 6.45) is 5.86. The van der Waals surface area contributed by atoms with Gasteiger partial charge in [-0.05, 0) is 86.1 Å². The van der Waals surface area contributed by atoms with Crippen LogP contribution >= 0.6 is 0 Å². The van der Waals surface area contributed by atoms with Gasteiger partial charge in [0.2, 0.25) is 0 Å². The van der Waals surface area contributed by atoms with Gasteiger partial charge in [0.15, 0.2) is 0 Å². The molecule has 0 saturated carbocycles. The van der Waals surface area contributed by atoms with Crippen molar-refractivity contribution in [3.8, 4) is 17.0 Å². The van der Waals surface area contributed by atoms with Gasteiger partial charge in [0.05, 0.1) is 36.5 Å². The fraction of sp³-hybridized carbons (Fsp3) is 0.429. The zero-order valence-corrected chi connectivity index (χ0v) is 24.5. The fourth-order valence-electron chi connectivity index (χ4n) is 7.19. The van der Waals surface area contributed by atoms with E-state index < -0.39 is 0 Å². The highest BCUT2D eigenvalue weighted by atomic mass is 16.5. The lowest BCUT2D eigenvalue weighted by atomic mass is 9.96. The van der Waals surface area contributed by atoms with Gasteiger partial charge >= 0.3 is 0 Å². The highest BCUT2D eigenvalue weighted by Gasteiger charge is 2.46. The van der Waals surface area contributed by atoms with Crippen LogP contribution in [0.4, 0.5) is 0 Å². The molecule has 4 aromatic rings. The van der Waals surface area contributed by atoms with Crippen molar-refractivity contribution in [3.63, 3.8) is 0 Å². The second-order valence-corrected chi connectivity index (χ2v) is 12.7. The number of nitrogens with zero attached hydrogens (tertiary/aromatic N) is 2. The Morgan fingerprint density at radius 3 is 2.40 bits per heavy atom. The van der Waals surface area contributed by atoms with Crippen LogP contribution < -0.4 is 10.1 Å². The van der Waals surface area contributed by atoms with Crippen LogP contribution in [0.5, 0.6) is 5.75 Å². The van der Waals surface area contributed by atoms with E-state index in [4.69, 9.17) is 9.47 Å². The lowest BCUT2D eigenvalue weighted by Gasteiger charge is -2.46. The average Bonchev–Trinajstić information content (AvgIpc) is 3.49. The summed E-state index contributed by atoms with van der Waals surface area (Å²) in [5.41, 5.74) is 4.49. The number of aromatic amines is 1. The first-order valence-electron chi connectivity index (χ1n) is 15.5. The summed E-state index contributed by atoms with van der Waals surface area (Å²) in [6.45, 7) is 6.14. The smallest absolute Gasteiger partial charge is 0.251 e. The van der Waals surface area contributed by atoms with Gasteiger partial charge in [0, 0.05) is 28.6 Å². The van der Waals surface area contributed by atoms with Crippen LogP contribution in [0.15, 0.2) is 72.8 Å². The largest absolute Gasteiger partial charge is 0.490 e. The number of hydrogen-bond donors (Lipinski definition) is 2. The van der Waals surface area contributed by atoms with Crippen molar-refractivity contribution in [2.45, 2.75) is 76.2 Å². The quantitative estimate of drug-likeness (QED) is 0.242. The molecule has 3 saturated heterocycles. The van der Waals surface area contributed by atoms with Gasteiger partial charge in [0.1, 0.15) is 11.9 Å². The van der Waals surface area contributed by atoms with Gasteiger partial charge in [-0.2, -0.15) is 5.10 Å². The third-order valence-electron chi connectivity index (χ3n) is 9.26. The minimum absolute atomic E-state index is 0.0413. The number of amides is 1. The van der Waals surface area contributed by atoms with Crippen molar-refractivity contribution < 1.29 is 14.3 Å². The zero-order valence-electron chi connectivity index (χ0n) is 24.5. The highest BCUT2D eigenvalue weighted by molar-refractivity contribution is 6.01. The van der Waals surface area contributed by atoms with Crippen LogP contribution in [0.2, 0.25) is 0 Å². The van der Waals surface area contributed by atoms with Crippen molar-refractivity contribution in [2.24, 2.45) is 5.92 Å². The number of ether oxygens (including phenoxy) is 2. The molecule has 0 radical (unpaired) electrons. The molecule has 3 aliphatic rings. The van der Waals surface area contributed by atoms with Crippen LogP contribution in [-0.4, -0.2) is 58.4 Å². The molecule has 1 unspecified atom stereocenters. The Kier molecular flexibility index (Phi) is 7.46. The zero-order chi connectivity index (χ0) is 28.6. The molecule has 3 aliphatic heterocycles. The molecule has 4 atom stereocenters. The predicted molar refractivity (Wildman–Crippen MR) is 165 cm³/mol. The van der Waals surface area contributed by atoms with E-state index >= 15 is 0 Å². The van der Waals surface area contributed by atoms with Crippen LogP contribution in [-0.2, 0) is 4.74 Å². The second-order valence-electron chi connectivity index (χ2n) is 12.7. The van der Waals surface area contributed by atoms with Gasteiger partial charge in [-0.15, -0.1) is 0 Å². The predicted octanol–water partition coefficient (Wildman–Crippen LogP) is 6.52. The summed E-state index contributed by atoms with van der Waals surface area (Å²) in [5, 5.41) is 12.0. The molecule has 4 heterocycles. The molecule has 7 nitrogen and oxygen atoms in total. The Bertz CT molecular complexity index is 1520. The van der Waals surface area contributed by atoms with Crippen LogP contribution in [0.25, 0.3) is 22.2 Å². The Hall–Kier alpha value is -3.68. The number of benzene rings is 3. The molecule has 2 N–H and O–H groups in total. The topological polar surface area (TPSA) is 79.5 Å². The first-order chi connectivity index (χ1) is 20.5. The molecule has 7 heteroatoms. The van der Waals surface area contributed by atoms with Crippen molar-refractivity contribution in [1.29, 1.82) is 0 Å². The monoisotopic (exact) mass is 564 g/mol. The highest BCUT2D eigenvalue weighted by Crippen LogP contribution is 2.40. The Morgan fingerprint density at radius 1 is 1.00 bits per heavy atom. The molecule has 1 amide bonds. The van der Waals surface area contributed by atoms with Gasteiger partial charge in [-0.25, -0.2) is 0 Å². The molecule has 0 spiro atoms. The minimum atomic E-state index is -0.0767. The molecule has 2 bridgehead atoms. The van der Waals surface area contributed by atoms with Crippen molar-refractivity contribution in [2.75, 3.05) is 13.2 Å². The number of carbonyl (C=O) groups is 1. The maximum Gasteiger partial charge on any atom is 0.251 e. The SMILES string of the molecule is CC(C)CC(NC(=O)c1ccc2[nH]nc(-c3ccc(O[C@H]4C[C@H]5CC[C@@H](C4)N5C4COC4)cc3)c2c1)c1ccccc1. The van der Waals surface area contributed by atoms with Crippen molar-refractivity contribution in [3.05, 3.63) is 83.9 Å². The molecule has 0 aliphatic carbocycles. The maximum absolute atomic E-state index is 13.4. The number of rotatable bonds is 9. The average molecular weight is 565 g/mol. The van der Waals surface area contributed by atoms with E-state index in [0.29, 0.717) is 29.6 Å². The molecule has 42 heavy (non-hydrogen) atoms. The number of fused-ring (bicyclic) bond motifs is 3. The molecule has 7 rings (SSSR count). The standard InChI is InChI=1S/C35H40N4O3/c1-22(2)16-33(23-6-4-3-5-7-23)36-35(40)25-10-15-32-31(17-25)34(38-37-32)24-8-13-29(14-9-24)42-30-18-26-11-12-27(19-30)39(26)28-20-41-21-28/h3-10,13-15,17,22,26-28,30,33H,11-12,16,18-21H2,1-2H3,(H,36,40)(H,37,38)/t26-,27+,30+,33?. The van der Waals surface area contributed by atoms with Crippen molar-refractivity contribution in [1.82, 2.24) is 20.4 Å². The number of piperidine rings is 1. The summed E-state index contributed by atoms with van der Waals surface area (Å²) >= 11 is 0. The Labute approximate surface area is 247 Å². The van der Waals surface area contributed by atoms with E-state index in [1.807, 2.05) is 36.4 Å². The molecule has 3 fully saturated rings. The molecule has 3 aromatic carbocycles. The maximum atomic E-state index is 13.4. The number of H-pyrrole nitrogens is 1. The summed E-state index contributed by atoms with van der Waals surface area (Å²) < 4.78 is 12.0. The van der Waals surface area contributed by atoms with E-state index in [9.17, 15) is 4.79 Å². The number of nitrogens with one attached hydrogen (secondary N) is 2. The fourth-order valence-corrected chi connectivity index (χ4v) is 7.19. The first-order valence-corrected chi connectivity index (χ1v) is 15.5. The lowest BCUT2D eigenvalue weighted by Crippen LogP contribution is -2.57. The van der Waals surface area contributed by atoms with E-state index in [1.54, 1.807) is 0 Å². The third-order valence-corrected chi connectivity index (χ3v) is 9.26. The Morgan fingerprint density at radius 2 is 1.74 bits per heavy atom. The van der Waals surface area contributed by atoms with Crippen molar-refractivity contribution >= 4 is 16.8 Å². The van der Waals surface area contributed by atoms with E-state index in [0.717, 1.165) is 65.9 Å². The summed E-state index contributed by atoms with van der Waals surface area (Å²) in [7, 11) is 0. The minimum Gasteiger partial charge on any atom is -0.490 e. The second kappa shape index (κ2) is 11.5. The molecule has 218 valence electrons. The van der Waals surface area contributed by atoms with Crippen LogP contribution in [0, 0.1) is 5.92 Å². The summed E-state index contributed by atoms with van der Waals surface area (Å²) in [4.78, 5) is 16.1. The Balaban J connectivity index is 1.05. The van der Waals surface area contributed by atoms with E-state index in [-0.39, 0.29) is 18.1 Å². The molecular formula is C35H40N4O3. The third kappa shape index (κ3) is 5.43. The number of aromatic nitrogens is 2. The van der Waals surface area contributed by atoms with E-state index in [1.165, 1.54) is 12.8 Å². The van der Waals surface area contributed by atoms with Gasteiger partial charge in [-0.3, -0.25) is 14.8 Å². The van der Waals surface area contributed by atoms with Crippen LogP contribution in [0.3, 0.4) is 0 Å². The summed E-state index contributed by atoms with van der Waals surface area (Å²) in [6, 6.07) is 26.0. The van der Waals surface area contributed by atoms with Gasteiger partial charge in [-0.1, -0.05) is 44.2 Å². The lowest BCUT2D eigenvalue weighted by molar-refractivity contribution is -0.102. The summed E-state index contributed by atoms with van der Waals surface area (Å²) in [5.74, 6) is 1.28. The molecular weight excluding hydrogens is 524 g/mol. The van der Waals surface area contributed by atoms with E-state index in [2.05, 4.69) is 70.7 Å².